The summed E-state index contributed by atoms with van der Waals surface area (Å²) in [5.41, 5.74) is 2.18. The van der Waals surface area contributed by atoms with E-state index in [4.69, 9.17) is 4.98 Å². The Hall–Kier alpha value is -2.47. The fourth-order valence-electron chi connectivity index (χ4n) is 3.49. The van der Waals surface area contributed by atoms with E-state index in [1.54, 1.807) is 12.1 Å². The first-order valence-electron chi connectivity index (χ1n) is 9.60. The number of nitrogens with one attached hydrogen (secondary N) is 2. The molecule has 3 aromatic rings. The summed E-state index contributed by atoms with van der Waals surface area (Å²) in [6.07, 6.45) is 6.00. The van der Waals surface area contributed by atoms with Crippen molar-refractivity contribution in [3.63, 3.8) is 0 Å². The molecule has 0 spiro atoms. The molecular weight excluding hydrogens is 419 g/mol. The van der Waals surface area contributed by atoms with Gasteiger partial charge in [0.05, 0.1) is 11.4 Å². The van der Waals surface area contributed by atoms with Crippen LogP contribution >= 0.6 is 15.9 Å². The zero-order valence-electron chi connectivity index (χ0n) is 15.5. The monoisotopic (exact) mass is 440 g/mol. The number of benzene rings is 2. The van der Waals surface area contributed by atoms with Gasteiger partial charge in [0.25, 0.3) is 0 Å². The molecule has 28 heavy (non-hydrogen) atoms. The van der Waals surface area contributed by atoms with Gasteiger partial charge in [-0.2, -0.15) is 4.98 Å². The lowest BCUT2D eigenvalue weighted by atomic mass is 9.96. The highest BCUT2D eigenvalue weighted by Gasteiger charge is 2.16. The third-order valence-corrected chi connectivity index (χ3v) is 5.42. The van der Waals surface area contributed by atoms with E-state index < -0.39 is 0 Å². The molecule has 2 aromatic carbocycles. The van der Waals surface area contributed by atoms with Crippen molar-refractivity contribution in [2.45, 2.75) is 38.1 Å². The number of rotatable bonds is 5. The van der Waals surface area contributed by atoms with Gasteiger partial charge in [-0.1, -0.05) is 65.5 Å². The van der Waals surface area contributed by atoms with Crippen LogP contribution in [0.15, 0.2) is 59.1 Å². The highest BCUT2D eigenvalue weighted by atomic mass is 79.9. The maximum absolute atomic E-state index is 14.3. The fourth-order valence-corrected chi connectivity index (χ4v) is 3.82. The van der Waals surface area contributed by atoms with Crippen molar-refractivity contribution >= 4 is 33.4 Å². The molecule has 0 radical (unpaired) electrons. The summed E-state index contributed by atoms with van der Waals surface area (Å²) in [5, 5.41) is 6.58. The second kappa shape index (κ2) is 8.69. The molecule has 144 valence electrons. The molecule has 0 bridgehead atoms. The zero-order chi connectivity index (χ0) is 19.3. The van der Waals surface area contributed by atoms with Crippen LogP contribution in [0.4, 0.5) is 21.8 Å². The molecule has 1 aliphatic carbocycles. The number of aromatic nitrogens is 2. The molecule has 4 rings (SSSR count). The second-order valence-electron chi connectivity index (χ2n) is 7.06. The summed E-state index contributed by atoms with van der Waals surface area (Å²) >= 11 is 3.29. The fraction of sp³-hybridized carbons (Fsp3) is 0.273. The number of halogens is 2. The van der Waals surface area contributed by atoms with Gasteiger partial charge in [-0.3, -0.25) is 0 Å². The molecule has 0 atom stereocenters. The quantitative estimate of drug-likeness (QED) is 0.473. The Bertz CT molecular complexity index is 943. The van der Waals surface area contributed by atoms with Crippen molar-refractivity contribution in [1.29, 1.82) is 0 Å². The molecule has 0 saturated heterocycles. The van der Waals surface area contributed by atoms with Crippen LogP contribution in [-0.4, -0.2) is 16.0 Å². The minimum absolute atomic E-state index is 0.337. The average molecular weight is 441 g/mol. The summed E-state index contributed by atoms with van der Waals surface area (Å²) in [4.78, 5) is 9.31. The molecule has 1 saturated carbocycles. The highest BCUT2D eigenvalue weighted by Crippen LogP contribution is 2.27. The van der Waals surface area contributed by atoms with E-state index in [0.717, 1.165) is 24.1 Å². The Balaban J connectivity index is 1.66. The molecule has 2 N–H and O–H groups in total. The molecule has 1 fully saturated rings. The predicted molar refractivity (Wildman–Crippen MR) is 115 cm³/mol. The standard InChI is InChI=1S/C22H22BrFN4/c23-16-11-12-19(18(24)13-16)26-21-14-20(15-7-3-1-4-8-15)27-22(28-21)25-17-9-5-2-6-10-17/h1,3-4,7-8,11-14,17H,2,5-6,9-10H2,(H2,25,26,27,28). The lowest BCUT2D eigenvalue weighted by Gasteiger charge is -2.23. The van der Waals surface area contributed by atoms with Gasteiger partial charge in [0.1, 0.15) is 11.6 Å². The minimum atomic E-state index is -0.337. The van der Waals surface area contributed by atoms with Crippen LogP contribution in [0, 0.1) is 5.82 Å². The maximum Gasteiger partial charge on any atom is 0.225 e. The summed E-state index contributed by atoms with van der Waals surface area (Å²) in [6, 6.07) is 17.1. The van der Waals surface area contributed by atoms with Crippen molar-refractivity contribution in [3.05, 3.63) is 64.9 Å². The number of anilines is 3. The normalized spacial score (nSPS) is 14.6. The van der Waals surface area contributed by atoms with Gasteiger partial charge in [0.2, 0.25) is 5.95 Å². The minimum Gasteiger partial charge on any atom is -0.351 e. The summed E-state index contributed by atoms with van der Waals surface area (Å²) in [5.74, 6) is 0.803. The van der Waals surface area contributed by atoms with Crippen LogP contribution in [-0.2, 0) is 0 Å². The van der Waals surface area contributed by atoms with Crippen molar-refractivity contribution in [1.82, 2.24) is 9.97 Å². The first-order valence-corrected chi connectivity index (χ1v) is 10.4. The molecule has 1 heterocycles. The smallest absolute Gasteiger partial charge is 0.225 e. The third-order valence-electron chi connectivity index (χ3n) is 4.93. The van der Waals surface area contributed by atoms with Gasteiger partial charge < -0.3 is 10.6 Å². The van der Waals surface area contributed by atoms with Crippen LogP contribution in [0.3, 0.4) is 0 Å². The van der Waals surface area contributed by atoms with Gasteiger partial charge >= 0.3 is 0 Å². The second-order valence-corrected chi connectivity index (χ2v) is 7.97. The van der Waals surface area contributed by atoms with Gasteiger partial charge in [0.15, 0.2) is 0 Å². The van der Waals surface area contributed by atoms with Gasteiger partial charge in [-0.05, 0) is 31.0 Å². The van der Waals surface area contributed by atoms with E-state index in [1.165, 1.54) is 25.3 Å². The van der Waals surface area contributed by atoms with Gasteiger partial charge in [-0.25, -0.2) is 9.37 Å². The first kappa shape index (κ1) is 18.9. The predicted octanol–water partition coefficient (Wildman–Crippen LogP) is 6.53. The molecule has 1 aromatic heterocycles. The third kappa shape index (κ3) is 4.68. The lowest BCUT2D eigenvalue weighted by Crippen LogP contribution is -2.23. The Morgan fingerprint density at radius 1 is 0.929 bits per heavy atom. The van der Waals surface area contributed by atoms with E-state index in [2.05, 4.69) is 31.5 Å². The zero-order valence-corrected chi connectivity index (χ0v) is 17.0. The molecule has 0 aliphatic heterocycles. The number of hydrogen-bond donors (Lipinski definition) is 2. The summed E-state index contributed by atoms with van der Waals surface area (Å²) < 4.78 is 15.0. The van der Waals surface area contributed by atoms with Gasteiger partial charge in [0, 0.05) is 22.1 Å². The van der Waals surface area contributed by atoms with Crippen LogP contribution in [0.5, 0.6) is 0 Å². The molecule has 0 unspecified atom stereocenters. The van der Waals surface area contributed by atoms with E-state index in [0.29, 0.717) is 28.0 Å². The van der Waals surface area contributed by atoms with E-state index >= 15 is 0 Å². The van der Waals surface area contributed by atoms with Crippen LogP contribution in [0.2, 0.25) is 0 Å². The van der Waals surface area contributed by atoms with E-state index in [9.17, 15) is 4.39 Å². The Morgan fingerprint density at radius 2 is 1.71 bits per heavy atom. The Morgan fingerprint density at radius 3 is 2.46 bits per heavy atom. The molecule has 0 amide bonds. The van der Waals surface area contributed by atoms with Crippen LogP contribution in [0.1, 0.15) is 32.1 Å². The maximum atomic E-state index is 14.3. The molecule has 6 heteroatoms. The van der Waals surface area contributed by atoms with Gasteiger partial charge in [-0.15, -0.1) is 0 Å². The Labute approximate surface area is 172 Å². The first-order chi connectivity index (χ1) is 13.7. The average Bonchev–Trinajstić information content (AvgIpc) is 2.71. The highest BCUT2D eigenvalue weighted by molar-refractivity contribution is 9.10. The topological polar surface area (TPSA) is 49.8 Å². The van der Waals surface area contributed by atoms with E-state index in [1.807, 2.05) is 36.4 Å². The van der Waals surface area contributed by atoms with Crippen LogP contribution < -0.4 is 10.6 Å². The molecule has 1 aliphatic rings. The van der Waals surface area contributed by atoms with Crippen molar-refractivity contribution in [2.24, 2.45) is 0 Å². The summed E-state index contributed by atoms with van der Waals surface area (Å²) in [7, 11) is 0. The molecular formula is C22H22BrFN4. The SMILES string of the molecule is Fc1cc(Br)ccc1Nc1cc(-c2ccccc2)nc(NC2CCCCC2)n1. The van der Waals surface area contributed by atoms with Crippen molar-refractivity contribution < 1.29 is 4.39 Å². The summed E-state index contributed by atoms with van der Waals surface area (Å²) in [6.45, 7) is 0. The van der Waals surface area contributed by atoms with Crippen molar-refractivity contribution in [2.75, 3.05) is 10.6 Å². The van der Waals surface area contributed by atoms with E-state index in [-0.39, 0.29) is 5.82 Å². The number of hydrogen-bond acceptors (Lipinski definition) is 4. The largest absolute Gasteiger partial charge is 0.351 e. The van der Waals surface area contributed by atoms with Crippen molar-refractivity contribution in [3.8, 4) is 11.3 Å². The van der Waals surface area contributed by atoms with Crippen LogP contribution in [0.25, 0.3) is 11.3 Å². The lowest BCUT2D eigenvalue weighted by molar-refractivity contribution is 0.461. The number of nitrogens with zero attached hydrogens (tertiary/aromatic N) is 2. The molecule has 4 nitrogen and oxygen atoms in total. The Kier molecular flexibility index (Phi) is 5.86.